The van der Waals surface area contributed by atoms with Crippen molar-refractivity contribution in [1.29, 1.82) is 5.26 Å². The summed E-state index contributed by atoms with van der Waals surface area (Å²) in [5.41, 5.74) is 4.43. The summed E-state index contributed by atoms with van der Waals surface area (Å²) in [5.74, 6) is 0.474. The first-order chi connectivity index (χ1) is 17.0. The van der Waals surface area contributed by atoms with Crippen LogP contribution in [-0.4, -0.2) is 34.2 Å². The molecule has 3 aromatic carbocycles. The molecule has 174 valence electrons. The van der Waals surface area contributed by atoms with Gasteiger partial charge in [-0.25, -0.2) is 4.68 Å². The molecule has 0 radical (unpaired) electrons. The Morgan fingerprint density at radius 3 is 2.49 bits per heavy atom. The zero-order valence-corrected chi connectivity index (χ0v) is 19.9. The lowest BCUT2D eigenvalue weighted by atomic mass is 10.1. The summed E-state index contributed by atoms with van der Waals surface area (Å²) < 4.78 is 7.08. The van der Waals surface area contributed by atoms with E-state index in [2.05, 4.69) is 0 Å². The minimum atomic E-state index is -0.135. The number of likely N-dealkylation sites (N-methyl/N-ethyl adjacent to an activating group) is 1. The number of halogens is 1. The highest BCUT2D eigenvalue weighted by molar-refractivity contribution is 6.30. The molecule has 0 spiro atoms. The van der Waals surface area contributed by atoms with Crippen LogP contribution < -0.4 is 4.74 Å². The van der Waals surface area contributed by atoms with E-state index in [1.54, 1.807) is 30.2 Å². The van der Waals surface area contributed by atoms with E-state index in [0.29, 0.717) is 17.3 Å². The van der Waals surface area contributed by atoms with Crippen molar-refractivity contribution in [2.45, 2.75) is 6.54 Å². The maximum absolute atomic E-state index is 12.8. The maximum atomic E-state index is 12.8. The van der Waals surface area contributed by atoms with Crippen molar-refractivity contribution in [3.8, 4) is 28.8 Å². The molecule has 0 N–H and O–H groups in total. The lowest BCUT2D eigenvalue weighted by Crippen LogP contribution is -2.24. The number of ether oxygens (including phenoxy) is 1. The lowest BCUT2D eigenvalue weighted by Gasteiger charge is -2.15. The van der Waals surface area contributed by atoms with Crippen LogP contribution in [-0.2, 0) is 11.3 Å². The second-order valence-electron chi connectivity index (χ2n) is 7.83. The molecule has 0 aliphatic carbocycles. The minimum Gasteiger partial charge on any atom is -0.479 e. The predicted octanol–water partition coefficient (Wildman–Crippen LogP) is 5.77. The molecule has 0 unspecified atom stereocenters. The van der Waals surface area contributed by atoms with Crippen molar-refractivity contribution < 1.29 is 9.53 Å². The minimum absolute atomic E-state index is 0.00265. The summed E-state index contributed by atoms with van der Waals surface area (Å²) in [5, 5.41) is 14.1. The second kappa shape index (κ2) is 11.2. The molecule has 0 saturated carbocycles. The Morgan fingerprint density at radius 1 is 1.09 bits per heavy atom. The molecule has 35 heavy (non-hydrogen) atoms. The summed E-state index contributed by atoms with van der Waals surface area (Å²) >= 11 is 6.08. The van der Waals surface area contributed by atoms with Crippen molar-refractivity contribution >= 4 is 23.6 Å². The number of hydrogen-bond acceptors (Lipinski definition) is 4. The molecule has 4 rings (SSSR count). The van der Waals surface area contributed by atoms with Crippen LogP contribution in [0.2, 0.25) is 5.02 Å². The van der Waals surface area contributed by atoms with E-state index in [9.17, 15) is 4.79 Å². The Balaban J connectivity index is 1.52. The van der Waals surface area contributed by atoms with Gasteiger partial charge in [0.1, 0.15) is 11.8 Å². The Bertz CT molecular complexity index is 1360. The van der Waals surface area contributed by atoms with Crippen LogP contribution in [0.1, 0.15) is 11.1 Å². The second-order valence-corrected chi connectivity index (χ2v) is 8.27. The first-order valence-corrected chi connectivity index (χ1v) is 11.3. The zero-order chi connectivity index (χ0) is 24.6. The molecule has 0 aliphatic rings. The Hall–Kier alpha value is -4.34. The number of carbonyl (C=O) groups is 1. The molecule has 0 atom stereocenters. The normalized spacial score (nSPS) is 10.8. The van der Waals surface area contributed by atoms with Gasteiger partial charge in [0, 0.05) is 42.0 Å². The maximum Gasteiger partial charge on any atom is 0.246 e. The topological polar surface area (TPSA) is 71.2 Å². The molecule has 0 aliphatic heterocycles. The highest BCUT2D eigenvalue weighted by Gasteiger charge is 2.16. The smallest absolute Gasteiger partial charge is 0.246 e. The molecule has 1 aromatic heterocycles. The third-order valence-electron chi connectivity index (χ3n) is 5.31. The first-order valence-electron chi connectivity index (χ1n) is 11.0. The van der Waals surface area contributed by atoms with Crippen molar-refractivity contribution in [3.05, 3.63) is 107 Å². The molecule has 4 aromatic rings. The number of nitrogens with zero attached hydrogens (tertiary/aromatic N) is 4. The Morgan fingerprint density at radius 2 is 1.80 bits per heavy atom. The molecule has 6 nitrogen and oxygen atoms in total. The van der Waals surface area contributed by atoms with E-state index in [-0.39, 0.29) is 12.5 Å². The molecule has 0 bridgehead atoms. The van der Waals surface area contributed by atoms with E-state index in [4.69, 9.17) is 26.7 Å². The summed E-state index contributed by atoms with van der Waals surface area (Å²) in [6.45, 7) is 0.381. The van der Waals surface area contributed by atoms with Crippen LogP contribution >= 0.6 is 11.6 Å². The first kappa shape index (κ1) is 23.8. The van der Waals surface area contributed by atoms with Gasteiger partial charge in [0.05, 0.1) is 11.4 Å². The fourth-order valence-electron chi connectivity index (χ4n) is 3.51. The average molecular weight is 483 g/mol. The van der Waals surface area contributed by atoms with Crippen LogP contribution in [0.25, 0.3) is 23.0 Å². The summed E-state index contributed by atoms with van der Waals surface area (Å²) in [6.07, 6.45) is 5.24. The van der Waals surface area contributed by atoms with Crippen molar-refractivity contribution in [1.82, 2.24) is 14.7 Å². The van der Waals surface area contributed by atoms with Crippen molar-refractivity contribution in [3.63, 3.8) is 0 Å². The monoisotopic (exact) mass is 482 g/mol. The SMILES string of the molecule is CN(Cc1cn(-c2ccccc2)nc1-c1ccc(Cl)cc1)C(=O)/C=C/c1ccc(OCC#N)cc1. The van der Waals surface area contributed by atoms with Crippen LogP contribution in [0.4, 0.5) is 0 Å². The number of benzene rings is 3. The summed E-state index contributed by atoms with van der Waals surface area (Å²) in [7, 11) is 1.76. The highest BCUT2D eigenvalue weighted by atomic mass is 35.5. The van der Waals surface area contributed by atoms with Crippen molar-refractivity contribution in [2.24, 2.45) is 0 Å². The Labute approximate surface area is 209 Å². The number of hydrogen-bond donors (Lipinski definition) is 0. The van der Waals surface area contributed by atoms with Crippen LogP contribution in [0.15, 0.2) is 91.1 Å². The molecular weight excluding hydrogens is 460 g/mol. The number of nitriles is 1. The largest absolute Gasteiger partial charge is 0.479 e. The van der Waals surface area contributed by atoms with E-state index in [1.807, 2.05) is 83.7 Å². The van der Waals surface area contributed by atoms with E-state index in [0.717, 1.165) is 28.1 Å². The van der Waals surface area contributed by atoms with E-state index >= 15 is 0 Å². The standard InChI is InChI=1S/C28H23ClN4O2/c1-32(27(34)16-9-21-7-14-26(15-8-21)35-18-17-30)19-23-20-33(25-5-3-2-4-6-25)31-28(23)22-10-12-24(29)13-11-22/h2-16,20H,18-19H2,1H3/b16-9+. The Kier molecular flexibility index (Phi) is 7.61. The van der Waals surface area contributed by atoms with Gasteiger partial charge < -0.3 is 9.64 Å². The van der Waals surface area contributed by atoms with Gasteiger partial charge in [-0.05, 0) is 48.0 Å². The van der Waals surface area contributed by atoms with Crippen LogP contribution in [0.5, 0.6) is 5.75 Å². The quantitative estimate of drug-likeness (QED) is 0.299. The molecule has 1 amide bonds. The average Bonchev–Trinajstić information content (AvgIpc) is 3.31. The molecule has 1 heterocycles. The van der Waals surface area contributed by atoms with Gasteiger partial charge in [0.15, 0.2) is 6.61 Å². The third kappa shape index (κ3) is 6.17. The van der Waals surface area contributed by atoms with Gasteiger partial charge in [-0.3, -0.25) is 4.79 Å². The zero-order valence-electron chi connectivity index (χ0n) is 19.1. The van der Waals surface area contributed by atoms with E-state index < -0.39 is 0 Å². The van der Waals surface area contributed by atoms with Crippen molar-refractivity contribution in [2.75, 3.05) is 13.7 Å². The van der Waals surface area contributed by atoms with Crippen LogP contribution in [0, 0.1) is 11.3 Å². The number of amides is 1. The van der Waals surface area contributed by atoms with Gasteiger partial charge in [-0.2, -0.15) is 10.4 Å². The van der Waals surface area contributed by atoms with Crippen LogP contribution in [0.3, 0.4) is 0 Å². The number of carbonyl (C=O) groups excluding carboxylic acids is 1. The van der Waals surface area contributed by atoms with Gasteiger partial charge in [-0.15, -0.1) is 0 Å². The van der Waals surface area contributed by atoms with E-state index in [1.165, 1.54) is 6.08 Å². The fourth-order valence-corrected chi connectivity index (χ4v) is 3.63. The predicted molar refractivity (Wildman–Crippen MR) is 137 cm³/mol. The fraction of sp³-hybridized carbons (Fsp3) is 0.107. The molecular formula is C28H23ClN4O2. The highest BCUT2D eigenvalue weighted by Crippen LogP contribution is 2.26. The number of aromatic nitrogens is 2. The molecule has 7 heteroatoms. The van der Waals surface area contributed by atoms with Gasteiger partial charge in [-0.1, -0.05) is 54.1 Å². The summed E-state index contributed by atoms with van der Waals surface area (Å²) in [6, 6.07) is 26.5. The van der Waals surface area contributed by atoms with Gasteiger partial charge >= 0.3 is 0 Å². The van der Waals surface area contributed by atoms with Gasteiger partial charge in [0.2, 0.25) is 5.91 Å². The molecule has 0 saturated heterocycles. The molecule has 0 fully saturated rings. The third-order valence-corrected chi connectivity index (χ3v) is 5.57. The van der Waals surface area contributed by atoms with Gasteiger partial charge in [0.25, 0.3) is 0 Å². The summed E-state index contributed by atoms with van der Waals surface area (Å²) in [4.78, 5) is 14.5. The lowest BCUT2D eigenvalue weighted by molar-refractivity contribution is -0.125. The number of rotatable bonds is 8. The number of para-hydroxylation sites is 1.